The van der Waals surface area contributed by atoms with Gasteiger partial charge in [0.25, 0.3) is 0 Å². The van der Waals surface area contributed by atoms with Crippen molar-refractivity contribution in [2.24, 2.45) is 0 Å². The standard InChI is InChI=1S/C12H14BrNO3/c13-14-7-10(6-11(14)12(15)16)17-8-9-4-2-1-3-5-9/h1-5,10-11H,6-8H2,(H,15,16)/t10-,11+/m1/s1. The average molecular weight is 300 g/mol. The van der Waals surface area contributed by atoms with Gasteiger partial charge in [0.15, 0.2) is 0 Å². The van der Waals surface area contributed by atoms with Crippen LogP contribution in [-0.4, -0.2) is 33.7 Å². The van der Waals surface area contributed by atoms with Crippen LogP contribution in [0.15, 0.2) is 30.3 Å². The van der Waals surface area contributed by atoms with E-state index in [1.807, 2.05) is 30.3 Å². The predicted molar refractivity (Wildman–Crippen MR) is 66.7 cm³/mol. The zero-order chi connectivity index (χ0) is 12.3. The Morgan fingerprint density at radius 2 is 2.18 bits per heavy atom. The van der Waals surface area contributed by atoms with E-state index >= 15 is 0 Å². The molecule has 1 aliphatic rings. The monoisotopic (exact) mass is 299 g/mol. The van der Waals surface area contributed by atoms with Gasteiger partial charge in [-0.05, 0) is 5.56 Å². The van der Waals surface area contributed by atoms with E-state index in [-0.39, 0.29) is 6.10 Å². The molecule has 2 rings (SSSR count). The molecule has 1 heterocycles. The average Bonchev–Trinajstić information content (AvgIpc) is 2.69. The van der Waals surface area contributed by atoms with Crippen molar-refractivity contribution in [2.75, 3.05) is 6.54 Å². The lowest BCUT2D eigenvalue weighted by Gasteiger charge is -2.10. The highest BCUT2D eigenvalue weighted by Crippen LogP contribution is 2.24. The molecule has 0 aromatic heterocycles. The number of aliphatic carboxylic acids is 1. The highest BCUT2D eigenvalue weighted by molar-refractivity contribution is 9.07. The Bertz CT molecular complexity index is 385. The Balaban J connectivity index is 1.84. The first kappa shape index (κ1) is 12.5. The van der Waals surface area contributed by atoms with Crippen molar-refractivity contribution in [3.8, 4) is 0 Å². The molecule has 1 aromatic carbocycles. The number of halogens is 1. The third kappa shape index (κ3) is 3.28. The molecular weight excluding hydrogens is 286 g/mol. The quantitative estimate of drug-likeness (QED) is 0.865. The highest BCUT2D eigenvalue weighted by Gasteiger charge is 2.36. The summed E-state index contributed by atoms with van der Waals surface area (Å²) in [5.41, 5.74) is 1.10. The topological polar surface area (TPSA) is 49.8 Å². The summed E-state index contributed by atoms with van der Waals surface area (Å²) in [7, 11) is 0. The summed E-state index contributed by atoms with van der Waals surface area (Å²) in [6.07, 6.45) is 0.489. The number of carboxylic acid groups (broad SMARTS) is 1. The molecule has 0 amide bonds. The summed E-state index contributed by atoms with van der Waals surface area (Å²) in [5, 5.41) is 8.96. The molecule has 92 valence electrons. The predicted octanol–water partition coefficient (Wildman–Crippen LogP) is 2.04. The van der Waals surface area contributed by atoms with E-state index < -0.39 is 12.0 Å². The molecule has 4 nitrogen and oxygen atoms in total. The van der Waals surface area contributed by atoms with Crippen LogP contribution in [0.3, 0.4) is 0 Å². The smallest absolute Gasteiger partial charge is 0.321 e. The number of hydrogen-bond acceptors (Lipinski definition) is 3. The van der Waals surface area contributed by atoms with Crippen molar-refractivity contribution in [1.29, 1.82) is 0 Å². The number of ether oxygens (including phenoxy) is 1. The number of carboxylic acids is 1. The van der Waals surface area contributed by atoms with Gasteiger partial charge in [0.1, 0.15) is 6.04 Å². The zero-order valence-corrected chi connectivity index (χ0v) is 10.8. The summed E-state index contributed by atoms with van der Waals surface area (Å²) >= 11 is 3.24. The minimum absolute atomic E-state index is 0.0318. The van der Waals surface area contributed by atoms with Crippen LogP contribution in [-0.2, 0) is 16.1 Å². The van der Waals surface area contributed by atoms with Crippen molar-refractivity contribution < 1.29 is 14.6 Å². The fourth-order valence-corrected chi connectivity index (χ4v) is 2.55. The van der Waals surface area contributed by atoms with Gasteiger partial charge in [-0.15, -0.1) is 0 Å². The van der Waals surface area contributed by atoms with E-state index in [0.29, 0.717) is 19.6 Å². The summed E-state index contributed by atoms with van der Waals surface area (Å²) < 4.78 is 7.35. The lowest BCUT2D eigenvalue weighted by molar-refractivity contribution is -0.140. The Kier molecular flexibility index (Phi) is 4.15. The molecule has 0 aliphatic carbocycles. The van der Waals surface area contributed by atoms with Gasteiger partial charge >= 0.3 is 5.97 Å². The van der Waals surface area contributed by atoms with Crippen molar-refractivity contribution in [3.05, 3.63) is 35.9 Å². The van der Waals surface area contributed by atoms with Gasteiger partial charge in [-0.25, -0.2) is 3.93 Å². The van der Waals surface area contributed by atoms with E-state index in [4.69, 9.17) is 9.84 Å². The second-order valence-electron chi connectivity index (χ2n) is 4.09. The second kappa shape index (κ2) is 5.62. The Morgan fingerprint density at radius 1 is 1.47 bits per heavy atom. The molecule has 0 saturated carbocycles. The SMILES string of the molecule is O=C(O)[C@@H]1C[C@@H](OCc2ccccc2)CN1Br. The van der Waals surface area contributed by atoms with Crippen LogP contribution < -0.4 is 0 Å². The second-order valence-corrected chi connectivity index (χ2v) is 5.00. The number of hydrogen-bond donors (Lipinski definition) is 1. The Labute approximate surface area is 109 Å². The van der Waals surface area contributed by atoms with Crippen LogP contribution in [0.5, 0.6) is 0 Å². The summed E-state index contributed by atoms with van der Waals surface area (Å²) in [6.45, 7) is 1.13. The third-order valence-corrected chi connectivity index (χ3v) is 3.60. The molecular formula is C12H14BrNO3. The van der Waals surface area contributed by atoms with E-state index in [2.05, 4.69) is 16.1 Å². The van der Waals surface area contributed by atoms with Crippen molar-refractivity contribution in [2.45, 2.75) is 25.2 Å². The zero-order valence-electron chi connectivity index (χ0n) is 9.25. The molecule has 1 saturated heterocycles. The fourth-order valence-electron chi connectivity index (χ4n) is 1.89. The van der Waals surface area contributed by atoms with Gasteiger partial charge in [0, 0.05) is 29.1 Å². The summed E-state index contributed by atoms with van der Waals surface area (Å²) in [6, 6.07) is 9.38. The van der Waals surface area contributed by atoms with Gasteiger partial charge in [0.2, 0.25) is 0 Å². The minimum Gasteiger partial charge on any atom is -0.480 e. The van der Waals surface area contributed by atoms with Crippen LogP contribution in [0.2, 0.25) is 0 Å². The summed E-state index contributed by atoms with van der Waals surface area (Å²) in [4.78, 5) is 10.9. The maximum atomic E-state index is 10.9. The molecule has 1 N–H and O–H groups in total. The van der Waals surface area contributed by atoms with Crippen molar-refractivity contribution in [1.82, 2.24) is 3.93 Å². The molecule has 17 heavy (non-hydrogen) atoms. The molecule has 5 heteroatoms. The maximum Gasteiger partial charge on any atom is 0.321 e. The normalized spacial score (nSPS) is 25.0. The van der Waals surface area contributed by atoms with Gasteiger partial charge < -0.3 is 9.84 Å². The van der Waals surface area contributed by atoms with Crippen LogP contribution in [0, 0.1) is 0 Å². The van der Waals surface area contributed by atoms with Gasteiger partial charge in [-0.2, -0.15) is 0 Å². The van der Waals surface area contributed by atoms with Gasteiger partial charge in [-0.3, -0.25) is 4.79 Å². The molecule has 0 unspecified atom stereocenters. The molecule has 1 fully saturated rings. The van der Waals surface area contributed by atoms with E-state index in [1.54, 1.807) is 3.93 Å². The van der Waals surface area contributed by atoms with Crippen LogP contribution in [0.4, 0.5) is 0 Å². The van der Waals surface area contributed by atoms with E-state index in [0.717, 1.165) is 5.56 Å². The lowest BCUT2D eigenvalue weighted by atomic mass is 10.2. The Morgan fingerprint density at radius 3 is 2.76 bits per heavy atom. The van der Waals surface area contributed by atoms with Gasteiger partial charge in [-0.1, -0.05) is 30.3 Å². The first-order chi connectivity index (χ1) is 8.16. The van der Waals surface area contributed by atoms with Crippen LogP contribution >= 0.6 is 16.1 Å². The third-order valence-electron chi connectivity index (χ3n) is 2.82. The van der Waals surface area contributed by atoms with Gasteiger partial charge in [0.05, 0.1) is 12.7 Å². The molecule has 1 aromatic rings. The van der Waals surface area contributed by atoms with Crippen LogP contribution in [0.1, 0.15) is 12.0 Å². The molecule has 0 spiro atoms. The molecule has 0 bridgehead atoms. The van der Waals surface area contributed by atoms with E-state index in [9.17, 15) is 4.79 Å². The lowest BCUT2D eigenvalue weighted by Crippen LogP contribution is -2.28. The molecule has 1 aliphatic heterocycles. The van der Waals surface area contributed by atoms with Crippen molar-refractivity contribution in [3.63, 3.8) is 0 Å². The maximum absolute atomic E-state index is 10.9. The first-order valence-electron chi connectivity index (χ1n) is 5.47. The van der Waals surface area contributed by atoms with E-state index in [1.165, 1.54) is 0 Å². The number of nitrogens with zero attached hydrogens (tertiary/aromatic N) is 1. The minimum atomic E-state index is -0.812. The number of carbonyl (C=O) groups is 1. The fraction of sp³-hybridized carbons (Fsp3) is 0.417. The van der Waals surface area contributed by atoms with Crippen molar-refractivity contribution >= 4 is 22.1 Å². The summed E-state index contributed by atoms with van der Waals surface area (Å²) in [5.74, 6) is -0.812. The number of benzene rings is 1. The highest BCUT2D eigenvalue weighted by atomic mass is 79.9. The molecule has 2 atom stereocenters. The largest absolute Gasteiger partial charge is 0.480 e. The molecule has 0 radical (unpaired) electrons. The Hall–Kier alpha value is -0.910. The van der Waals surface area contributed by atoms with Crippen LogP contribution in [0.25, 0.3) is 0 Å². The first-order valence-corrected chi connectivity index (χ1v) is 6.18. The number of rotatable bonds is 4.